The van der Waals surface area contributed by atoms with Gasteiger partial charge in [0.05, 0.1) is 6.54 Å². The van der Waals surface area contributed by atoms with E-state index in [2.05, 4.69) is 25.7 Å². The lowest BCUT2D eigenvalue weighted by Gasteiger charge is -2.22. The Kier molecular flexibility index (Phi) is 7.12. The van der Waals surface area contributed by atoms with Crippen LogP contribution in [0.1, 0.15) is 82.1 Å². The van der Waals surface area contributed by atoms with Gasteiger partial charge in [0.15, 0.2) is 5.82 Å². The molecule has 2 N–H and O–H groups in total. The first-order valence-electron chi connectivity index (χ1n) is 11.1. The van der Waals surface area contributed by atoms with Crippen molar-refractivity contribution < 1.29 is 14.3 Å². The SMILES string of the molecule is Cc1nc2nc(CNC(=O)OC(C)(C)C)nn2c(C)c1CCC(=O)NC1CCCCC1. The summed E-state index contributed by atoms with van der Waals surface area (Å²) in [5, 5.41) is 10.3. The number of rotatable bonds is 6. The van der Waals surface area contributed by atoms with Crippen LogP contribution in [0.2, 0.25) is 0 Å². The Labute approximate surface area is 183 Å². The average molecular weight is 431 g/mol. The Hall–Kier alpha value is -2.71. The summed E-state index contributed by atoms with van der Waals surface area (Å²) in [6, 6.07) is 0.319. The van der Waals surface area contributed by atoms with Crippen LogP contribution in [0.5, 0.6) is 0 Å². The van der Waals surface area contributed by atoms with Gasteiger partial charge in [-0.3, -0.25) is 4.79 Å². The predicted octanol–water partition coefficient (Wildman–Crippen LogP) is 3.15. The Balaban J connectivity index is 1.63. The van der Waals surface area contributed by atoms with Crippen molar-refractivity contribution >= 4 is 17.8 Å². The van der Waals surface area contributed by atoms with Gasteiger partial charge in [-0.15, -0.1) is 5.10 Å². The molecule has 0 aromatic carbocycles. The maximum absolute atomic E-state index is 12.4. The number of amides is 2. The summed E-state index contributed by atoms with van der Waals surface area (Å²) in [4.78, 5) is 33.2. The zero-order valence-electron chi connectivity index (χ0n) is 19.2. The highest BCUT2D eigenvalue weighted by atomic mass is 16.6. The molecule has 3 rings (SSSR count). The number of nitrogens with zero attached hydrogens (tertiary/aromatic N) is 4. The first kappa shape index (κ1) is 23.0. The molecule has 1 aliphatic carbocycles. The summed E-state index contributed by atoms with van der Waals surface area (Å²) in [5.41, 5.74) is 2.19. The lowest BCUT2D eigenvalue weighted by atomic mass is 9.95. The molecule has 31 heavy (non-hydrogen) atoms. The van der Waals surface area contributed by atoms with Gasteiger partial charge in [0.1, 0.15) is 5.60 Å². The molecule has 1 aliphatic rings. The van der Waals surface area contributed by atoms with Crippen molar-refractivity contribution in [2.45, 2.75) is 97.8 Å². The fraction of sp³-hybridized carbons (Fsp3) is 0.682. The monoisotopic (exact) mass is 430 g/mol. The van der Waals surface area contributed by atoms with Gasteiger partial charge >= 0.3 is 6.09 Å². The Bertz CT molecular complexity index is 941. The maximum Gasteiger partial charge on any atom is 0.408 e. The van der Waals surface area contributed by atoms with E-state index >= 15 is 0 Å². The van der Waals surface area contributed by atoms with Crippen molar-refractivity contribution in [3.63, 3.8) is 0 Å². The van der Waals surface area contributed by atoms with E-state index in [1.54, 1.807) is 4.52 Å². The molecule has 1 fully saturated rings. The first-order chi connectivity index (χ1) is 14.6. The second kappa shape index (κ2) is 9.62. The van der Waals surface area contributed by atoms with E-state index in [1.807, 2.05) is 34.6 Å². The zero-order chi connectivity index (χ0) is 22.6. The van der Waals surface area contributed by atoms with Crippen LogP contribution < -0.4 is 10.6 Å². The molecule has 2 heterocycles. The van der Waals surface area contributed by atoms with Crippen LogP contribution in [0.3, 0.4) is 0 Å². The third kappa shape index (κ3) is 6.38. The van der Waals surface area contributed by atoms with Crippen LogP contribution in [0.15, 0.2) is 0 Å². The first-order valence-corrected chi connectivity index (χ1v) is 11.1. The van der Waals surface area contributed by atoms with E-state index in [4.69, 9.17) is 4.74 Å². The van der Waals surface area contributed by atoms with Gasteiger partial charge in [-0.1, -0.05) is 19.3 Å². The molecule has 0 radical (unpaired) electrons. The maximum atomic E-state index is 12.4. The molecule has 170 valence electrons. The lowest BCUT2D eigenvalue weighted by molar-refractivity contribution is -0.122. The number of alkyl carbamates (subject to hydrolysis) is 1. The highest BCUT2D eigenvalue weighted by molar-refractivity contribution is 5.76. The van der Waals surface area contributed by atoms with E-state index in [0.29, 0.717) is 30.5 Å². The molecule has 0 saturated heterocycles. The van der Waals surface area contributed by atoms with Crippen LogP contribution >= 0.6 is 0 Å². The zero-order valence-corrected chi connectivity index (χ0v) is 19.2. The topological polar surface area (TPSA) is 111 Å². The number of hydrogen-bond acceptors (Lipinski definition) is 6. The molecule has 0 atom stereocenters. The fourth-order valence-electron chi connectivity index (χ4n) is 3.94. The van der Waals surface area contributed by atoms with Crippen LogP contribution in [0.25, 0.3) is 5.78 Å². The number of nitrogens with one attached hydrogen (secondary N) is 2. The highest BCUT2D eigenvalue weighted by Gasteiger charge is 2.19. The van der Waals surface area contributed by atoms with Crippen molar-refractivity contribution in [3.05, 3.63) is 22.8 Å². The molecule has 0 spiro atoms. The summed E-state index contributed by atoms with van der Waals surface area (Å²) >= 11 is 0. The third-order valence-corrected chi connectivity index (χ3v) is 5.45. The summed E-state index contributed by atoms with van der Waals surface area (Å²) in [7, 11) is 0. The van der Waals surface area contributed by atoms with Gasteiger partial charge in [-0.25, -0.2) is 14.3 Å². The number of aryl methyl sites for hydroxylation is 2. The number of carbonyl (C=O) groups is 2. The molecular weight excluding hydrogens is 396 g/mol. The molecular formula is C22H34N6O3. The molecule has 0 unspecified atom stereocenters. The second-order valence-electron chi connectivity index (χ2n) is 9.26. The predicted molar refractivity (Wildman–Crippen MR) is 117 cm³/mol. The van der Waals surface area contributed by atoms with Crippen molar-refractivity contribution in [1.29, 1.82) is 0 Å². The summed E-state index contributed by atoms with van der Waals surface area (Å²) in [6.45, 7) is 9.45. The Morgan fingerprint density at radius 2 is 1.84 bits per heavy atom. The minimum Gasteiger partial charge on any atom is -0.444 e. The fourth-order valence-corrected chi connectivity index (χ4v) is 3.94. The molecule has 9 nitrogen and oxygen atoms in total. The van der Waals surface area contributed by atoms with E-state index in [9.17, 15) is 9.59 Å². The van der Waals surface area contributed by atoms with Gasteiger partial charge in [-0.2, -0.15) is 4.98 Å². The number of fused-ring (bicyclic) bond motifs is 1. The number of hydrogen-bond donors (Lipinski definition) is 2. The van der Waals surface area contributed by atoms with Crippen LogP contribution in [0.4, 0.5) is 4.79 Å². The van der Waals surface area contributed by atoms with Crippen LogP contribution in [-0.4, -0.2) is 43.2 Å². The minimum absolute atomic E-state index is 0.0895. The average Bonchev–Trinajstić information content (AvgIpc) is 3.09. The van der Waals surface area contributed by atoms with Gasteiger partial charge in [-0.05, 0) is 59.4 Å². The molecule has 2 aromatic rings. The van der Waals surface area contributed by atoms with E-state index in [0.717, 1.165) is 29.8 Å². The summed E-state index contributed by atoms with van der Waals surface area (Å²) in [6.07, 6.45) is 6.33. The van der Waals surface area contributed by atoms with E-state index in [1.165, 1.54) is 19.3 Å². The molecule has 1 saturated carbocycles. The van der Waals surface area contributed by atoms with Crippen LogP contribution in [0, 0.1) is 13.8 Å². The van der Waals surface area contributed by atoms with Gasteiger partial charge < -0.3 is 15.4 Å². The quantitative estimate of drug-likeness (QED) is 0.728. The van der Waals surface area contributed by atoms with E-state index in [-0.39, 0.29) is 12.5 Å². The molecule has 0 aliphatic heterocycles. The second-order valence-corrected chi connectivity index (χ2v) is 9.26. The summed E-state index contributed by atoms with van der Waals surface area (Å²) < 4.78 is 6.91. The van der Waals surface area contributed by atoms with Crippen molar-refractivity contribution in [3.8, 4) is 0 Å². The number of aromatic nitrogens is 4. The van der Waals surface area contributed by atoms with Gasteiger partial charge in [0, 0.05) is 23.9 Å². The minimum atomic E-state index is -0.566. The normalized spacial score (nSPS) is 15.1. The molecule has 2 amide bonds. The van der Waals surface area contributed by atoms with Gasteiger partial charge in [0.25, 0.3) is 5.78 Å². The molecule has 9 heteroatoms. The number of ether oxygens (including phenoxy) is 1. The largest absolute Gasteiger partial charge is 0.444 e. The molecule has 2 aromatic heterocycles. The lowest BCUT2D eigenvalue weighted by Crippen LogP contribution is -2.36. The van der Waals surface area contributed by atoms with Crippen molar-refractivity contribution in [1.82, 2.24) is 30.2 Å². The van der Waals surface area contributed by atoms with E-state index < -0.39 is 11.7 Å². The Morgan fingerprint density at radius 3 is 2.52 bits per heavy atom. The van der Waals surface area contributed by atoms with Crippen molar-refractivity contribution in [2.24, 2.45) is 0 Å². The smallest absolute Gasteiger partial charge is 0.408 e. The third-order valence-electron chi connectivity index (χ3n) is 5.45. The van der Waals surface area contributed by atoms with Crippen LogP contribution in [-0.2, 0) is 22.5 Å². The standard InChI is InChI=1S/C22H34N6O3/c1-14-17(11-12-19(29)25-16-9-7-6-8-10-16)15(2)28-20(24-14)26-18(27-28)13-23-21(30)31-22(3,4)5/h16H,6-13H2,1-5H3,(H,23,30)(H,25,29). The molecule has 0 bridgehead atoms. The number of carbonyl (C=O) groups excluding carboxylic acids is 2. The van der Waals surface area contributed by atoms with Gasteiger partial charge in [0.2, 0.25) is 5.91 Å². The van der Waals surface area contributed by atoms with Crippen molar-refractivity contribution in [2.75, 3.05) is 0 Å². The Morgan fingerprint density at radius 1 is 1.13 bits per heavy atom. The highest BCUT2D eigenvalue weighted by Crippen LogP contribution is 2.19. The summed E-state index contributed by atoms with van der Waals surface area (Å²) in [5.74, 6) is 1.02.